The van der Waals surface area contributed by atoms with Gasteiger partial charge < -0.3 is 10.5 Å². The second-order valence-corrected chi connectivity index (χ2v) is 4.60. The Kier molecular flexibility index (Phi) is 4.12. The summed E-state index contributed by atoms with van der Waals surface area (Å²) in [7, 11) is 0. The van der Waals surface area contributed by atoms with Crippen LogP contribution in [0.5, 0.6) is 5.75 Å². The van der Waals surface area contributed by atoms with Crippen LogP contribution in [-0.4, -0.2) is 16.6 Å². The van der Waals surface area contributed by atoms with Crippen LogP contribution in [0.3, 0.4) is 0 Å². The highest BCUT2D eigenvalue weighted by Gasteiger charge is 2.09. The van der Waals surface area contributed by atoms with E-state index in [1.165, 1.54) is 12.1 Å². The van der Waals surface area contributed by atoms with Crippen molar-refractivity contribution in [1.82, 2.24) is 9.97 Å². The predicted molar refractivity (Wildman–Crippen MR) is 72.6 cm³/mol. The van der Waals surface area contributed by atoms with Crippen molar-refractivity contribution < 1.29 is 13.5 Å². The average Bonchev–Trinajstić information content (AvgIpc) is 2.38. The number of hydrogen-bond donors (Lipinski definition) is 1. The highest BCUT2D eigenvalue weighted by molar-refractivity contribution is 5.58. The Morgan fingerprint density at radius 1 is 1.10 bits per heavy atom. The van der Waals surface area contributed by atoms with Crippen LogP contribution in [0.2, 0.25) is 0 Å². The molecular formula is C14H15F2N3O. The Morgan fingerprint density at radius 3 is 2.30 bits per heavy atom. The van der Waals surface area contributed by atoms with Crippen LogP contribution in [-0.2, 0) is 0 Å². The molecular weight excluding hydrogens is 264 g/mol. The summed E-state index contributed by atoms with van der Waals surface area (Å²) in [6.07, 6.45) is 0. The molecule has 106 valence electrons. The standard InChI is InChI=1S/C14H15F2N3O/c1-8(2)11-7-12(17)19-13(18-11)9-3-5-10(6-4-9)20-14(15)16/h3-8,14H,1-2H3,(H2,17,18,19). The molecule has 0 saturated carbocycles. The number of alkyl halides is 2. The summed E-state index contributed by atoms with van der Waals surface area (Å²) in [6, 6.07) is 7.86. The van der Waals surface area contributed by atoms with Crippen LogP contribution in [0.15, 0.2) is 30.3 Å². The minimum atomic E-state index is -2.84. The van der Waals surface area contributed by atoms with Gasteiger partial charge in [0.2, 0.25) is 0 Å². The van der Waals surface area contributed by atoms with E-state index in [1.807, 2.05) is 13.8 Å². The van der Waals surface area contributed by atoms with E-state index in [9.17, 15) is 8.78 Å². The van der Waals surface area contributed by atoms with E-state index in [0.29, 0.717) is 17.2 Å². The van der Waals surface area contributed by atoms with Crippen LogP contribution < -0.4 is 10.5 Å². The Hall–Kier alpha value is -2.24. The first-order chi connectivity index (χ1) is 9.45. The molecule has 2 N–H and O–H groups in total. The van der Waals surface area contributed by atoms with Crippen LogP contribution in [0, 0.1) is 0 Å². The number of halogens is 2. The molecule has 0 atom stereocenters. The van der Waals surface area contributed by atoms with E-state index in [1.54, 1.807) is 18.2 Å². The molecule has 0 unspecified atom stereocenters. The first-order valence-electron chi connectivity index (χ1n) is 6.15. The van der Waals surface area contributed by atoms with Gasteiger partial charge >= 0.3 is 6.61 Å². The van der Waals surface area contributed by atoms with Gasteiger partial charge in [0.15, 0.2) is 5.82 Å². The molecule has 2 rings (SSSR count). The van der Waals surface area contributed by atoms with Gasteiger partial charge in [-0.3, -0.25) is 0 Å². The van der Waals surface area contributed by atoms with Gasteiger partial charge in [-0.2, -0.15) is 8.78 Å². The largest absolute Gasteiger partial charge is 0.435 e. The van der Waals surface area contributed by atoms with Crippen LogP contribution in [0.25, 0.3) is 11.4 Å². The van der Waals surface area contributed by atoms with Crippen LogP contribution in [0.1, 0.15) is 25.5 Å². The quantitative estimate of drug-likeness (QED) is 0.931. The van der Waals surface area contributed by atoms with Crippen molar-refractivity contribution in [2.45, 2.75) is 26.4 Å². The lowest BCUT2D eigenvalue weighted by Crippen LogP contribution is -2.03. The molecule has 2 aromatic rings. The lowest BCUT2D eigenvalue weighted by molar-refractivity contribution is -0.0498. The first kappa shape index (κ1) is 14.2. The maximum atomic E-state index is 12.1. The van der Waals surface area contributed by atoms with Crippen molar-refractivity contribution in [3.05, 3.63) is 36.0 Å². The third-order valence-corrected chi connectivity index (χ3v) is 2.69. The summed E-state index contributed by atoms with van der Waals surface area (Å²) in [4.78, 5) is 8.57. The third-order valence-electron chi connectivity index (χ3n) is 2.69. The van der Waals surface area contributed by atoms with E-state index in [2.05, 4.69) is 14.7 Å². The van der Waals surface area contributed by atoms with E-state index in [-0.39, 0.29) is 11.7 Å². The summed E-state index contributed by atoms with van der Waals surface area (Å²) in [6.45, 7) is 1.17. The monoisotopic (exact) mass is 279 g/mol. The average molecular weight is 279 g/mol. The fraction of sp³-hybridized carbons (Fsp3) is 0.286. The van der Waals surface area contributed by atoms with Gasteiger partial charge in [0.25, 0.3) is 0 Å². The maximum absolute atomic E-state index is 12.1. The first-order valence-corrected chi connectivity index (χ1v) is 6.15. The molecule has 0 aliphatic carbocycles. The molecule has 1 aromatic heterocycles. The maximum Gasteiger partial charge on any atom is 0.387 e. The zero-order valence-corrected chi connectivity index (χ0v) is 11.2. The molecule has 4 nitrogen and oxygen atoms in total. The number of rotatable bonds is 4. The smallest absolute Gasteiger partial charge is 0.387 e. The van der Waals surface area contributed by atoms with Crippen LogP contribution in [0.4, 0.5) is 14.6 Å². The highest BCUT2D eigenvalue weighted by atomic mass is 19.3. The molecule has 20 heavy (non-hydrogen) atoms. The molecule has 0 radical (unpaired) electrons. The summed E-state index contributed by atoms with van der Waals surface area (Å²) < 4.78 is 28.4. The molecule has 0 aliphatic heterocycles. The summed E-state index contributed by atoms with van der Waals surface area (Å²) >= 11 is 0. The highest BCUT2D eigenvalue weighted by Crippen LogP contribution is 2.23. The van der Waals surface area contributed by atoms with Crippen molar-refractivity contribution in [1.29, 1.82) is 0 Å². The Bertz CT molecular complexity index is 585. The van der Waals surface area contributed by atoms with E-state index < -0.39 is 6.61 Å². The van der Waals surface area contributed by atoms with Gasteiger partial charge in [-0.15, -0.1) is 0 Å². The second-order valence-electron chi connectivity index (χ2n) is 4.60. The normalized spacial score (nSPS) is 11.1. The number of hydrogen-bond acceptors (Lipinski definition) is 4. The zero-order chi connectivity index (χ0) is 14.7. The number of aromatic nitrogens is 2. The van der Waals surface area contributed by atoms with Crippen molar-refractivity contribution >= 4 is 5.82 Å². The van der Waals surface area contributed by atoms with Gasteiger partial charge in [-0.1, -0.05) is 13.8 Å². The van der Waals surface area contributed by atoms with E-state index >= 15 is 0 Å². The molecule has 6 heteroatoms. The third kappa shape index (κ3) is 3.40. The molecule has 0 fully saturated rings. The van der Waals surface area contributed by atoms with Crippen molar-refractivity contribution in [2.75, 3.05) is 5.73 Å². The molecule has 0 bridgehead atoms. The molecule has 1 aromatic carbocycles. The Balaban J connectivity index is 2.31. The van der Waals surface area contributed by atoms with Crippen molar-refractivity contribution in [3.8, 4) is 17.1 Å². The molecule has 1 heterocycles. The van der Waals surface area contributed by atoms with Gasteiger partial charge in [-0.05, 0) is 30.2 Å². The molecule has 0 aliphatic rings. The number of benzene rings is 1. The van der Waals surface area contributed by atoms with Gasteiger partial charge in [0.05, 0.1) is 0 Å². The fourth-order valence-corrected chi connectivity index (χ4v) is 1.70. The van der Waals surface area contributed by atoms with E-state index in [0.717, 1.165) is 5.69 Å². The minimum absolute atomic E-state index is 0.0942. The SMILES string of the molecule is CC(C)c1cc(N)nc(-c2ccc(OC(F)F)cc2)n1. The van der Waals surface area contributed by atoms with Gasteiger partial charge in [0, 0.05) is 17.3 Å². The lowest BCUT2D eigenvalue weighted by Gasteiger charge is -2.09. The fourth-order valence-electron chi connectivity index (χ4n) is 1.70. The predicted octanol–water partition coefficient (Wildman–Crippen LogP) is 3.45. The number of ether oxygens (including phenoxy) is 1. The minimum Gasteiger partial charge on any atom is -0.435 e. The topological polar surface area (TPSA) is 61.0 Å². The number of anilines is 1. The lowest BCUT2D eigenvalue weighted by atomic mass is 10.1. The van der Waals surface area contributed by atoms with Crippen LogP contribution >= 0.6 is 0 Å². The molecule has 0 amide bonds. The summed E-state index contributed by atoms with van der Waals surface area (Å²) in [5.41, 5.74) is 7.28. The second kappa shape index (κ2) is 5.81. The summed E-state index contributed by atoms with van der Waals surface area (Å²) in [5.74, 6) is 1.17. The van der Waals surface area contributed by atoms with E-state index in [4.69, 9.17) is 5.73 Å². The number of nitrogens with two attached hydrogens (primary N) is 1. The Labute approximate surface area is 115 Å². The molecule has 0 saturated heterocycles. The molecule has 0 spiro atoms. The Morgan fingerprint density at radius 2 is 1.75 bits per heavy atom. The number of nitrogen functional groups attached to an aromatic ring is 1. The van der Waals surface area contributed by atoms with Gasteiger partial charge in [-0.25, -0.2) is 9.97 Å². The van der Waals surface area contributed by atoms with Crippen molar-refractivity contribution in [2.24, 2.45) is 0 Å². The van der Waals surface area contributed by atoms with Crippen molar-refractivity contribution in [3.63, 3.8) is 0 Å². The van der Waals surface area contributed by atoms with Gasteiger partial charge in [0.1, 0.15) is 11.6 Å². The zero-order valence-electron chi connectivity index (χ0n) is 11.2. The summed E-state index contributed by atoms with van der Waals surface area (Å²) in [5, 5.41) is 0. The number of nitrogens with zero attached hydrogens (tertiary/aromatic N) is 2.